The number of carbonyl (C=O) groups is 1. The van der Waals surface area contributed by atoms with Crippen LogP contribution in [0.5, 0.6) is 0 Å². The van der Waals surface area contributed by atoms with E-state index in [9.17, 15) is 4.79 Å². The lowest BCUT2D eigenvalue weighted by Crippen LogP contribution is -2.28. The molecule has 1 atom stereocenters. The number of amides is 1. The summed E-state index contributed by atoms with van der Waals surface area (Å²) in [6.07, 6.45) is 0.458. The highest BCUT2D eigenvalue weighted by atomic mass is 16.2. The number of nitrogens with zero attached hydrogens (tertiary/aromatic N) is 2. The number of nitriles is 1. The van der Waals surface area contributed by atoms with Gasteiger partial charge in [0.1, 0.15) is 0 Å². The first-order valence-electron chi connectivity index (χ1n) is 6.00. The summed E-state index contributed by atoms with van der Waals surface area (Å²) in [5.74, 6) is -0.0728. The topological polar surface area (TPSA) is 56.1 Å². The van der Waals surface area contributed by atoms with Gasteiger partial charge in [-0.3, -0.25) is 4.79 Å². The molecule has 0 aliphatic rings. The molecule has 4 nitrogen and oxygen atoms in total. The zero-order valence-corrected chi connectivity index (χ0v) is 10.9. The van der Waals surface area contributed by atoms with Gasteiger partial charge < -0.3 is 10.2 Å². The van der Waals surface area contributed by atoms with E-state index in [0.717, 1.165) is 5.56 Å². The van der Waals surface area contributed by atoms with E-state index in [1.165, 1.54) is 0 Å². The van der Waals surface area contributed by atoms with E-state index in [1.54, 1.807) is 19.0 Å². The molecule has 0 saturated heterocycles. The molecule has 1 amide bonds. The Bertz CT molecular complexity index is 409. The van der Waals surface area contributed by atoms with Gasteiger partial charge in [-0.05, 0) is 5.56 Å². The first-order chi connectivity index (χ1) is 8.65. The van der Waals surface area contributed by atoms with Crippen LogP contribution in [0.4, 0.5) is 0 Å². The second-order valence-electron chi connectivity index (χ2n) is 4.33. The molecule has 0 spiro atoms. The van der Waals surface area contributed by atoms with Crippen molar-refractivity contribution in [1.82, 2.24) is 10.2 Å². The summed E-state index contributed by atoms with van der Waals surface area (Å²) in [6, 6.07) is 11.9. The van der Waals surface area contributed by atoms with E-state index < -0.39 is 0 Å². The van der Waals surface area contributed by atoms with Crippen LogP contribution in [-0.2, 0) is 4.79 Å². The number of benzene rings is 1. The van der Waals surface area contributed by atoms with Crippen molar-refractivity contribution in [3.8, 4) is 6.07 Å². The van der Waals surface area contributed by atoms with Gasteiger partial charge >= 0.3 is 0 Å². The minimum atomic E-state index is -0.166. The summed E-state index contributed by atoms with van der Waals surface area (Å²) in [6.45, 7) is 1.17. The summed E-state index contributed by atoms with van der Waals surface area (Å²) in [5, 5.41) is 12.3. The first-order valence-corrected chi connectivity index (χ1v) is 6.00. The Morgan fingerprint density at radius 1 is 1.39 bits per heavy atom. The smallest absolute Gasteiger partial charge is 0.223 e. The highest BCUT2D eigenvalue weighted by molar-refractivity contribution is 5.75. The quantitative estimate of drug-likeness (QED) is 0.770. The molecule has 1 unspecified atom stereocenters. The fourth-order valence-corrected chi connectivity index (χ4v) is 1.59. The van der Waals surface area contributed by atoms with Gasteiger partial charge in [0.2, 0.25) is 5.91 Å². The second-order valence-corrected chi connectivity index (χ2v) is 4.33. The molecule has 1 aromatic carbocycles. The molecule has 0 aliphatic heterocycles. The molecule has 0 radical (unpaired) electrons. The highest BCUT2D eigenvalue weighted by Gasteiger charge is 2.09. The fraction of sp³-hybridized carbons (Fsp3) is 0.429. The predicted octanol–water partition coefficient (Wildman–Crippen LogP) is 1.36. The maximum absolute atomic E-state index is 11.3. The number of rotatable bonds is 6. The Kier molecular flexibility index (Phi) is 5.89. The van der Waals surface area contributed by atoms with Crippen LogP contribution < -0.4 is 5.32 Å². The van der Waals surface area contributed by atoms with Crippen LogP contribution in [0.25, 0.3) is 0 Å². The van der Waals surface area contributed by atoms with Crippen molar-refractivity contribution in [2.24, 2.45) is 0 Å². The molecule has 0 saturated carbocycles. The van der Waals surface area contributed by atoms with Crippen molar-refractivity contribution in [3.63, 3.8) is 0 Å². The molecule has 0 bridgehead atoms. The average Bonchev–Trinajstić information content (AvgIpc) is 2.39. The Labute approximate surface area is 108 Å². The summed E-state index contributed by atoms with van der Waals surface area (Å²) in [4.78, 5) is 12.9. The SMILES string of the molecule is CN(C)C(=O)CCNCC(C#N)c1ccccc1. The molecule has 0 aromatic heterocycles. The van der Waals surface area contributed by atoms with E-state index in [0.29, 0.717) is 19.5 Å². The first kappa shape index (κ1) is 14.2. The predicted molar refractivity (Wildman–Crippen MR) is 71.0 cm³/mol. The molecule has 96 valence electrons. The van der Waals surface area contributed by atoms with Gasteiger partial charge in [-0.1, -0.05) is 30.3 Å². The molecule has 1 N–H and O–H groups in total. The lowest BCUT2D eigenvalue weighted by atomic mass is 10.0. The fourth-order valence-electron chi connectivity index (χ4n) is 1.59. The number of hydrogen-bond acceptors (Lipinski definition) is 3. The normalized spacial score (nSPS) is 11.6. The Morgan fingerprint density at radius 3 is 2.61 bits per heavy atom. The van der Waals surface area contributed by atoms with Crippen molar-refractivity contribution < 1.29 is 4.79 Å². The summed E-state index contributed by atoms with van der Waals surface area (Å²) < 4.78 is 0. The van der Waals surface area contributed by atoms with Gasteiger partial charge in [-0.25, -0.2) is 0 Å². The van der Waals surface area contributed by atoms with Crippen molar-refractivity contribution >= 4 is 5.91 Å². The van der Waals surface area contributed by atoms with Crippen molar-refractivity contribution in [2.45, 2.75) is 12.3 Å². The van der Waals surface area contributed by atoms with E-state index >= 15 is 0 Å². The molecular formula is C14H19N3O. The molecule has 4 heteroatoms. The van der Waals surface area contributed by atoms with Gasteiger partial charge in [-0.15, -0.1) is 0 Å². The van der Waals surface area contributed by atoms with Crippen LogP contribution >= 0.6 is 0 Å². The Morgan fingerprint density at radius 2 is 2.06 bits per heavy atom. The third-order valence-corrected chi connectivity index (χ3v) is 2.72. The second kappa shape index (κ2) is 7.46. The number of carbonyl (C=O) groups excluding carboxylic acids is 1. The van der Waals surface area contributed by atoms with Crippen LogP contribution in [0.1, 0.15) is 17.9 Å². The lowest BCUT2D eigenvalue weighted by molar-refractivity contribution is -0.128. The van der Waals surface area contributed by atoms with E-state index in [-0.39, 0.29) is 11.8 Å². The molecule has 1 aromatic rings. The Balaban J connectivity index is 2.34. The maximum atomic E-state index is 11.3. The molecule has 0 fully saturated rings. The number of hydrogen-bond donors (Lipinski definition) is 1. The molecule has 18 heavy (non-hydrogen) atoms. The summed E-state index contributed by atoms with van der Waals surface area (Å²) in [7, 11) is 3.48. The van der Waals surface area contributed by atoms with Crippen LogP contribution in [-0.4, -0.2) is 38.0 Å². The minimum Gasteiger partial charge on any atom is -0.349 e. The van der Waals surface area contributed by atoms with Gasteiger partial charge in [0, 0.05) is 33.6 Å². The monoisotopic (exact) mass is 245 g/mol. The zero-order chi connectivity index (χ0) is 13.4. The van der Waals surface area contributed by atoms with Gasteiger partial charge in [0.15, 0.2) is 0 Å². The van der Waals surface area contributed by atoms with Gasteiger partial charge in [-0.2, -0.15) is 5.26 Å². The van der Waals surface area contributed by atoms with Gasteiger partial charge in [0.05, 0.1) is 12.0 Å². The largest absolute Gasteiger partial charge is 0.349 e. The van der Waals surface area contributed by atoms with E-state index in [1.807, 2.05) is 30.3 Å². The van der Waals surface area contributed by atoms with E-state index in [2.05, 4.69) is 11.4 Å². The maximum Gasteiger partial charge on any atom is 0.223 e. The van der Waals surface area contributed by atoms with Crippen LogP contribution in [0, 0.1) is 11.3 Å². The third-order valence-electron chi connectivity index (χ3n) is 2.72. The van der Waals surface area contributed by atoms with Crippen molar-refractivity contribution in [3.05, 3.63) is 35.9 Å². The third kappa shape index (κ3) is 4.56. The summed E-state index contributed by atoms with van der Waals surface area (Å²) in [5.41, 5.74) is 1.01. The Hall–Kier alpha value is -1.86. The average molecular weight is 245 g/mol. The number of nitrogens with one attached hydrogen (secondary N) is 1. The van der Waals surface area contributed by atoms with Crippen LogP contribution in [0.3, 0.4) is 0 Å². The minimum absolute atomic E-state index is 0.0933. The molecule has 0 heterocycles. The van der Waals surface area contributed by atoms with Gasteiger partial charge in [0.25, 0.3) is 0 Å². The van der Waals surface area contributed by atoms with Crippen LogP contribution in [0.2, 0.25) is 0 Å². The van der Waals surface area contributed by atoms with Crippen LogP contribution in [0.15, 0.2) is 30.3 Å². The zero-order valence-electron chi connectivity index (χ0n) is 10.9. The standard InChI is InChI=1S/C14H19N3O/c1-17(2)14(18)8-9-16-11-13(10-15)12-6-4-3-5-7-12/h3-7,13,16H,8-9,11H2,1-2H3. The van der Waals surface area contributed by atoms with E-state index in [4.69, 9.17) is 5.26 Å². The lowest BCUT2D eigenvalue weighted by Gasteiger charge is -2.12. The highest BCUT2D eigenvalue weighted by Crippen LogP contribution is 2.12. The summed E-state index contributed by atoms with van der Waals surface area (Å²) >= 11 is 0. The molecular weight excluding hydrogens is 226 g/mol. The molecule has 0 aliphatic carbocycles. The molecule has 1 rings (SSSR count). The van der Waals surface area contributed by atoms with Crippen molar-refractivity contribution in [2.75, 3.05) is 27.2 Å². The van der Waals surface area contributed by atoms with Crippen molar-refractivity contribution in [1.29, 1.82) is 5.26 Å².